The number of thiazole rings is 1. The van der Waals surface area contributed by atoms with E-state index in [0.29, 0.717) is 11.4 Å². The van der Waals surface area contributed by atoms with Gasteiger partial charge < -0.3 is 10.6 Å². The van der Waals surface area contributed by atoms with Crippen molar-refractivity contribution in [3.8, 4) is 0 Å². The fourth-order valence-electron chi connectivity index (χ4n) is 3.12. The summed E-state index contributed by atoms with van der Waals surface area (Å²) in [6.07, 6.45) is 4.99. The molecule has 0 bridgehead atoms. The molecule has 2 N–H and O–H groups in total. The maximum Gasteiger partial charge on any atom is 0.263 e. The molecule has 25 heavy (non-hydrogen) atoms. The van der Waals surface area contributed by atoms with Crippen LogP contribution in [0.1, 0.15) is 73.2 Å². The fourth-order valence-corrected chi connectivity index (χ4v) is 4.23. The number of rotatable bonds is 5. The number of aryl methyl sites for hydroxylation is 1. The lowest BCUT2D eigenvalue weighted by molar-refractivity contribution is -0.119. The van der Waals surface area contributed by atoms with Crippen molar-refractivity contribution < 1.29 is 9.59 Å². The van der Waals surface area contributed by atoms with E-state index in [2.05, 4.69) is 36.4 Å². The standard InChI is InChI=1S/C18H28ClN3O2S/c1-12-14(25-16(21-12)17(2,3)4)15(24)22-18(8-6-5-7-9-18)11-20-13(23)10-19/h5-11H2,1-4H3,(H,20,23)(H,22,24). The van der Waals surface area contributed by atoms with Crippen LogP contribution in [0.5, 0.6) is 0 Å². The third-order valence-corrected chi connectivity index (χ3v) is 6.40. The number of carbonyl (C=O) groups excluding carboxylic acids is 2. The number of amides is 2. The molecule has 5 nitrogen and oxygen atoms in total. The lowest BCUT2D eigenvalue weighted by Gasteiger charge is -2.38. The van der Waals surface area contributed by atoms with Crippen molar-refractivity contribution in [1.29, 1.82) is 0 Å². The summed E-state index contributed by atoms with van der Waals surface area (Å²) in [4.78, 5) is 29.7. The first-order chi connectivity index (χ1) is 11.7. The maximum atomic E-state index is 12.9. The number of carbonyl (C=O) groups is 2. The molecule has 1 aromatic heterocycles. The number of nitrogens with zero attached hydrogens (tertiary/aromatic N) is 1. The van der Waals surface area contributed by atoms with Crippen LogP contribution in [0.15, 0.2) is 0 Å². The van der Waals surface area contributed by atoms with Gasteiger partial charge in [0, 0.05) is 12.0 Å². The van der Waals surface area contributed by atoms with Gasteiger partial charge >= 0.3 is 0 Å². The molecular weight excluding hydrogens is 358 g/mol. The molecule has 0 aliphatic heterocycles. The zero-order valence-corrected chi connectivity index (χ0v) is 17.1. The fraction of sp³-hybridized carbons (Fsp3) is 0.722. The van der Waals surface area contributed by atoms with Crippen molar-refractivity contribution in [3.63, 3.8) is 0 Å². The zero-order chi connectivity index (χ0) is 18.7. The van der Waals surface area contributed by atoms with Crippen molar-refractivity contribution in [3.05, 3.63) is 15.6 Å². The van der Waals surface area contributed by atoms with Crippen LogP contribution >= 0.6 is 22.9 Å². The van der Waals surface area contributed by atoms with E-state index in [1.807, 2.05) is 6.92 Å². The number of alkyl halides is 1. The third kappa shape index (κ3) is 5.17. The minimum atomic E-state index is -0.393. The van der Waals surface area contributed by atoms with Crippen LogP contribution in [-0.2, 0) is 10.2 Å². The molecule has 0 aromatic carbocycles. The summed E-state index contributed by atoms with van der Waals surface area (Å²) < 4.78 is 0. The zero-order valence-electron chi connectivity index (χ0n) is 15.5. The van der Waals surface area contributed by atoms with Gasteiger partial charge in [0.1, 0.15) is 10.8 Å². The Morgan fingerprint density at radius 3 is 2.40 bits per heavy atom. The van der Waals surface area contributed by atoms with Crippen LogP contribution in [0.4, 0.5) is 0 Å². The monoisotopic (exact) mass is 385 g/mol. The molecule has 1 aliphatic carbocycles. The molecule has 1 heterocycles. The highest BCUT2D eigenvalue weighted by molar-refractivity contribution is 7.14. The summed E-state index contributed by atoms with van der Waals surface area (Å²) >= 11 is 7.04. The Hall–Kier alpha value is -1.14. The quantitative estimate of drug-likeness (QED) is 0.761. The molecule has 1 aromatic rings. The lowest BCUT2D eigenvalue weighted by atomic mass is 9.81. The van der Waals surface area contributed by atoms with Gasteiger partial charge in [-0.1, -0.05) is 40.0 Å². The second kappa shape index (κ2) is 8.04. The van der Waals surface area contributed by atoms with Gasteiger partial charge in [0.2, 0.25) is 5.91 Å². The van der Waals surface area contributed by atoms with Gasteiger partial charge in [0.25, 0.3) is 5.91 Å². The van der Waals surface area contributed by atoms with Gasteiger partial charge in [0.15, 0.2) is 0 Å². The molecule has 140 valence electrons. The van der Waals surface area contributed by atoms with E-state index in [1.165, 1.54) is 11.3 Å². The SMILES string of the molecule is Cc1nc(C(C)(C)C)sc1C(=O)NC1(CNC(=O)CCl)CCCCC1. The Labute approximate surface area is 158 Å². The lowest BCUT2D eigenvalue weighted by Crippen LogP contribution is -2.56. The summed E-state index contributed by atoms with van der Waals surface area (Å²) in [6.45, 7) is 8.59. The first kappa shape index (κ1) is 20.2. The van der Waals surface area contributed by atoms with Crippen LogP contribution < -0.4 is 10.6 Å². The highest BCUT2D eigenvalue weighted by Crippen LogP contribution is 2.31. The summed E-state index contributed by atoms with van der Waals surface area (Å²) in [6, 6.07) is 0. The topological polar surface area (TPSA) is 71.1 Å². The first-order valence-electron chi connectivity index (χ1n) is 8.80. The van der Waals surface area contributed by atoms with Gasteiger partial charge in [-0.25, -0.2) is 4.98 Å². The largest absolute Gasteiger partial charge is 0.353 e. The van der Waals surface area contributed by atoms with Crippen LogP contribution in [0.2, 0.25) is 0 Å². The van der Waals surface area contributed by atoms with Crippen molar-refractivity contribution in [2.75, 3.05) is 12.4 Å². The number of hydrogen-bond acceptors (Lipinski definition) is 4. The number of halogens is 1. The Morgan fingerprint density at radius 1 is 1.24 bits per heavy atom. The molecule has 0 atom stereocenters. The van der Waals surface area contributed by atoms with E-state index in [-0.39, 0.29) is 23.1 Å². The van der Waals surface area contributed by atoms with Gasteiger partial charge in [-0.05, 0) is 19.8 Å². The highest BCUT2D eigenvalue weighted by atomic mass is 35.5. The molecule has 1 fully saturated rings. The summed E-state index contributed by atoms with van der Waals surface area (Å²) in [5.41, 5.74) is 0.295. The number of hydrogen-bond donors (Lipinski definition) is 2. The smallest absolute Gasteiger partial charge is 0.263 e. The second-order valence-electron chi connectivity index (χ2n) is 7.89. The molecule has 0 spiro atoms. The van der Waals surface area contributed by atoms with Crippen molar-refractivity contribution in [2.24, 2.45) is 0 Å². The Kier molecular flexibility index (Phi) is 6.49. The predicted molar refractivity (Wildman–Crippen MR) is 103 cm³/mol. The number of aromatic nitrogens is 1. The molecular formula is C18H28ClN3O2S. The summed E-state index contributed by atoms with van der Waals surface area (Å²) in [5.74, 6) is -0.357. The summed E-state index contributed by atoms with van der Waals surface area (Å²) in [5, 5.41) is 7.01. The van der Waals surface area contributed by atoms with E-state index < -0.39 is 5.54 Å². The van der Waals surface area contributed by atoms with E-state index in [9.17, 15) is 9.59 Å². The van der Waals surface area contributed by atoms with Gasteiger partial charge in [-0.15, -0.1) is 22.9 Å². The van der Waals surface area contributed by atoms with Gasteiger partial charge in [0.05, 0.1) is 16.2 Å². The van der Waals surface area contributed by atoms with E-state index >= 15 is 0 Å². The Morgan fingerprint density at radius 2 is 1.88 bits per heavy atom. The van der Waals surface area contributed by atoms with Crippen LogP contribution in [0.25, 0.3) is 0 Å². The van der Waals surface area contributed by atoms with E-state index in [1.54, 1.807) is 0 Å². The molecule has 2 rings (SSSR count). The Bertz CT molecular complexity index is 631. The average Bonchev–Trinajstić information content (AvgIpc) is 2.96. The van der Waals surface area contributed by atoms with Crippen LogP contribution in [0.3, 0.4) is 0 Å². The molecule has 0 saturated heterocycles. The number of nitrogens with one attached hydrogen (secondary N) is 2. The minimum absolute atomic E-state index is 0.0626. The molecule has 1 saturated carbocycles. The van der Waals surface area contributed by atoms with E-state index in [0.717, 1.165) is 42.8 Å². The van der Waals surface area contributed by atoms with Crippen molar-refractivity contribution in [2.45, 2.75) is 70.8 Å². The Balaban J connectivity index is 2.16. The van der Waals surface area contributed by atoms with Crippen molar-refractivity contribution in [1.82, 2.24) is 15.6 Å². The molecule has 7 heteroatoms. The third-order valence-electron chi connectivity index (χ3n) is 4.58. The van der Waals surface area contributed by atoms with Crippen molar-refractivity contribution >= 4 is 34.8 Å². The van der Waals surface area contributed by atoms with Crippen LogP contribution in [0, 0.1) is 6.92 Å². The average molecular weight is 386 g/mol. The highest BCUT2D eigenvalue weighted by Gasteiger charge is 2.35. The molecule has 1 aliphatic rings. The van der Waals surface area contributed by atoms with Gasteiger partial charge in [-0.2, -0.15) is 0 Å². The maximum absolute atomic E-state index is 12.9. The molecule has 0 radical (unpaired) electrons. The first-order valence-corrected chi connectivity index (χ1v) is 10.1. The molecule has 2 amide bonds. The van der Waals surface area contributed by atoms with Gasteiger partial charge in [-0.3, -0.25) is 9.59 Å². The minimum Gasteiger partial charge on any atom is -0.353 e. The normalized spacial score (nSPS) is 17.2. The predicted octanol–water partition coefficient (Wildman–Crippen LogP) is 3.54. The van der Waals surface area contributed by atoms with Crippen LogP contribution in [-0.4, -0.2) is 34.8 Å². The molecule has 0 unspecified atom stereocenters. The summed E-state index contributed by atoms with van der Waals surface area (Å²) in [7, 11) is 0. The second-order valence-corrected chi connectivity index (χ2v) is 9.16. The van der Waals surface area contributed by atoms with E-state index in [4.69, 9.17) is 11.6 Å².